The lowest BCUT2D eigenvalue weighted by Gasteiger charge is -2.09. The van der Waals surface area contributed by atoms with Crippen LogP contribution in [0.25, 0.3) is 6.08 Å². The molecule has 0 aliphatic carbocycles. The summed E-state index contributed by atoms with van der Waals surface area (Å²) in [7, 11) is -3.08. The second-order valence-corrected chi connectivity index (χ2v) is 9.18. The molecule has 29 heavy (non-hydrogen) atoms. The Labute approximate surface area is 172 Å². The van der Waals surface area contributed by atoms with E-state index in [1.165, 1.54) is 17.0 Å². The van der Waals surface area contributed by atoms with Crippen LogP contribution in [-0.2, 0) is 30.7 Å². The van der Waals surface area contributed by atoms with Crippen molar-refractivity contribution in [3.63, 3.8) is 0 Å². The molecule has 1 aliphatic heterocycles. The highest BCUT2D eigenvalue weighted by atomic mass is 35.5. The van der Waals surface area contributed by atoms with E-state index in [4.69, 9.17) is 20.8 Å². The van der Waals surface area contributed by atoms with Crippen LogP contribution in [0.3, 0.4) is 0 Å². The molecule has 2 aromatic heterocycles. The number of hydrogen-bond donors (Lipinski definition) is 1. The number of aryl methyl sites for hydroxylation is 1. The fourth-order valence-electron chi connectivity index (χ4n) is 2.92. The summed E-state index contributed by atoms with van der Waals surface area (Å²) in [5.74, 6) is -0.502. The molecule has 1 N–H and O–H groups in total. The van der Waals surface area contributed by atoms with Crippen molar-refractivity contribution in [3.8, 4) is 0 Å². The summed E-state index contributed by atoms with van der Waals surface area (Å²) >= 11 is 6.33. The summed E-state index contributed by atoms with van der Waals surface area (Å²) in [6, 6.07) is 3.09. The summed E-state index contributed by atoms with van der Waals surface area (Å²) in [6.45, 7) is 1.47. The molecule has 1 atom stereocenters. The predicted molar refractivity (Wildman–Crippen MR) is 105 cm³/mol. The monoisotopic (exact) mass is 441 g/mol. The van der Waals surface area contributed by atoms with Gasteiger partial charge in [-0.05, 0) is 31.6 Å². The van der Waals surface area contributed by atoms with Gasteiger partial charge in [-0.25, -0.2) is 17.9 Å². The molecule has 0 bridgehead atoms. The number of nitrogens with one attached hydrogen (secondary N) is 1. The summed E-state index contributed by atoms with van der Waals surface area (Å²) in [6.07, 6.45) is 4.52. The van der Waals surface area contributed by atoms with Crippen LogP contribution in [0.5, 0.6) is 0 Å². The van der Waals surface area contributed by atoms with Gasteiger partial charge in [0, 0.05) is 11.6 Å². The van der Waals surface area contributed by atoms with E-state index in [1.807, 2.05) is 0 Å². The smallest absolute Gasteiger partial charge is 0.331 e. The summed E-state index contributed by atoms with van der Waals surface area (Å²) in [4.78, 5) is 23.6. The second-order valence-electron chi connectivity index (χ2n) is 6.59. The third-order valence-corrected chi connectivity index (χ3v) is 6.52. The van der Waals surface area contributed by atoms with Gasteiger partial charge in [0.1, 0.15) is 10.9 Å². The van der Waals surface area contributed by atoms with Gasteiger partial charge in [-0.2, -0.15) is 5.10 Å². The lowest BCUT2D eigenvalue weighted by molar-refractivity contribution is -0.143. The Bertz CT molecular complexity index is 1030. The SMILES string of the molecule is Cc1nn([C@H]2CCS(=O)(=O)C2)c(Cl)c1/C=C/C(=O)OCC(=O)NCc1ccco1. The van der Waals surface area contributed by atoms with Crippen LogP contribution in [0.1, 0.15) is 29.5 Å². The van der Waals surface area contributed by atoms with Crippen LogP contribution in [-0.4, -0.2) is 48.2 Å². The maximum Gasteiger partial charge on any atom is 0.331 e. The molecule has 0 spiro atoms. The zero-order chi connectivity index (χ0) is 21.0. The van der Waals surface area contributed by atoms with Crippen LogP contribution in [0.15, 0.2) is 28.9 Å². The van der Waals surface area contributed by atoms with Gasteiger partial charge in [0.25, 0.3) is 5.91 Å². The van der Waals surface area contributed by atoms with Crippen molar-refractivity contribution in [2.45, 2.75) is 25.9 Å². The number of rotatable bonds is 7. The Morgan fingerprint density at radius 1 is 1.48 bits per heavy atom. The van der Waals surface area contributed by atoms with Gasteiger partial charge in [0.15, 0.2) is 16.4 Å². The van der Waals surface area contributed by atoms with Crippen LogP contribution >= 0.6 is 11.6 Å². The lowest BCUT2D eigenvalue weighted by atomic mass is 10.2. The average Bonchev–Trinajstić information content (AvgIpc) is 3.37. The van der Waals surface area contributed by atoms with E-state index in [1.54, 1.807) is 19.1 Å². The minimum absolute atomic E-state index is 0.00778. The first kappa shape index (κ1) is 21.1. The number of hydrogen-bond acceptors (Lipinski definition) is 7. The van der Waals surface area contributed by atoms with Gasteiger partial charge in [0.05, 0.1) is 36.0 Å². The van der Waals surface area contributed by atoms with Crippen molar-refractivity contribution in [2.75, 3.05) is 18.1 Å². The quantitative estimate of drug-likeness (QED) is 0.512. The van der Waals surface area contributed by atoms with Crippen LogP contribution in [0, 0.1) is 6.92 Å². The largest absolute Gasteiger partial charge is 0.467 e. The third-order valence-electron chi connectivity index (χ3n) is 4.40. The Morgan fingerprint density at radius 3 is 2.93 bits per heavy atom. The second kappa shape index (κ2) is 8.83. The van der Waals surface area contributed by atoms with Gasteiger partial charge in [0.2, 0.25) is 0 Å². The zero-order valence-corrected chi connectivity index (χ0v) is 17.2. The summed E-state index contributed by atoms with van der Waals surface area (Å²) < 4.78 is 34.8. The lowest BCUT2D eigenvalue weighted by Crippen LogP contribution is -2.27. The number of carbonyl (C=O) groups excluding carboxylic acids is 2. The van der Waals surface area contributed by atoms with E-state index >= 15 is 0 Å². The Balaban J connectivity index is 1.54. The normalized spacial score (nSPS) is 18.2. The van der Waals surface area contributed by atoms with Crippen LogP contribution in [0.4, 0.5) is 0 Å². The molecule has 11 heteroatoms. The maximum atomic E-state index is 11.9. The van der Waals surface area contributed by atoms with E-state index in [9.17, 15) is 18.0 Å². The highest BCUT2D eigenvalue weighted by molar-refractivity contribution is 7.91. The molecule has 2 aromatic rings. The molecule has 1 fully saturated rings. The Hall–Kier alpha value is -2.59. The van der Waals surface area contributed by atoms with Crippen molar-refractivity contribution >= 4 is 39.4 Å². The summed E-state index contributed by atoms with van der Waals surface area (Å²) in [5, 5.41) is 7.11. The fraction of sp³-hybridized carbons (Fsp3) is 0.389. The molecule has 9 nitrogen and oxygen atoms in total. The summed E-state index contributed by atoms with van der Waals surface area (Å²) in [5.41, 5.74) is 1.05. The predicted octanol–water partition coefficient (Wildman–Crippen LogP) is 1.67. The van der Waals surface area contributed by atoms with E-state index in [2.05, 4.69) is 10.4 Å². The number of esters is 1. The maximum absolute atomic E-state index is 11.9. The minimum atomic E-state index is -3.08. The molecular weight excluding hydrogens is 422 g/mol. The molecule has 3 rings (SSSR count). The topological polar surface area (TPSA) is 121 Å². The molecule has 1 saturated heterocycles. The third kappa shape index (κ3) is 5.48. The average molecular weight is 442 g/mol. The molecule has 1 amide bonds. The number of carbonyl (C=O) groups is 2. The zero-order valence-electron chi connectivity index (χ0n) is 15.6. The molecular formula is C18H20ClN3O6S. The fourth-order valence-corrected chi connectivity index (χ4v) is 4.99. The van der Waals surface area contributed by atoms with E-state index in [0.29, 0.717) is 23.4 Å². The molecule has 0 aromatic carbocycles. The number of furan rings is 1. The molecule has 156 valence electrons. The van der Waals surface area contributed by atoms with E-state index < -0.39 is 28.3 Å². The number of aromatic nitrogens is 2. The van der Waals surface area contributed by atoms with Gasteiger partial charge < -0.3 is 14.5 Å². The minimum Gasteiger partial charge on any atom is -0.467 e. The van der Waals surface area contributed by atoms with Gasteiger partial charge in [-0.3, -0.25) is 4.79 Å². The molecule has 0 radical (unpaired) electrons. The standard InChI is InChI=1S/C18H20ClN3O6S/c1-12-15(18(19)22(21-12)13-6-8-29(25,26)11-13)4-5-17(24)28-10-16(23)20-9-14-3-2-7-27-14/h2-5,7,13H,6,8-11H2,1H3,(H,20,23)/b5-4+/t13-/m0/s1. The van der Waals surface area contributed by atoms with Crippen molar-refractivity contribution in [1.82, 2.24) is 15.1 Å². The number of sulfone groups is 1. The first-order chi connectivity index (χ1) is 13.7. The van der Waals surface area contributed by atoms with Crippen LogP contribution in [0.2, 0.25) is 5.15 Å². The number of amides is 1. The molecule has 1 aliphatic rings. The number of nitrogens with zero attached hydrogens (tertiary/aromatic N) is 2. The molecule has 0 saturated carbocycles. The van der Waals surface area contributed by atoms with Gasteiger partial charge in [-0.15, -0.1) is 0 Å². The molecule has 0 unspecified atom stereocenters. The number of ether oxygens (including phenoxy) is 1. The van der Waals surface area contributed by atoms with Gasteiger partial charge >= 0.3 is 5.97 Å². The van der Waals surface area contributed by atoms with Crippen molar-refractivity contribution < 1.29 is 27.2 Å². The Morgan fingerprint density at radius 2 is 2.28 bits per heavy atom. The highest BCUT2D eigenvalue weighted by Gasteiger charge is 2.31. The Kier molecular flexibility index (Phi) is 6.43. The highest BCUT2D eigenvalue weighted by Crippen LogP contribution is 2.30. The first-order valence-electron chi connectivity index (χ1n) is 8.84. The van der Waals surface area contributed by atoms with Gasteiger partial charge in [-0.1, -0.05) is 11.6 Å². The van der Waals surface area contributed by atoms with Crippen molar-refractivity contribution in [2.24, 2.45) is 0 Å². The van der Waals surface area contributed by atoms with E-state index in [0.717, 1.165) is 6.08 Å². The van der Waals surface area contributed by atoms with Crippen molar-refractivity contribution in [1.29, 1.82) is 0 Å². The van der Waals surface area contributed by atoms with E-state index in [-0.39, 0.29) is 29.2 Å². The van der Waals surface area contributed by atoms with Crippen LogP contribution < -0.4 is 5.32 Å². The molecule has 3 heterocycles. The number of halogens is 1. The first-order valence-corrected chi connectivity index (χ1v) is 11.0. The van der Waals surface area contributed by atoms with Crippen molar-refractivity contribution in [3.05, 3.63) is 46.6 Å².